The normalized spacial score (nSPS) is 12.3. The number of nitrogens with one attached hydrogen (secondary N) is 2. The quantitative estimate of drug-likeness (QED) is 0.411. The van der Waals surface area contributed by atoms with Gasteiger partial charge in [0, 0.05) is 36.6 Å². The first-order chi connectivity index (χ1) is 12.0. The summed E-state index contributed by atoms with van der Waals surface area (Å²) in [5.41, 5.74) is 2.31. The van der Waals surface area contributed by atoms with Gasteiger partial charge in [-0.05, 0) is 19.4 Å². The van der Waals surface area contributed by atoms with Crippen LogP contribution >= 0.6 is 0 Å². The summed E-state index contributed by atoms with van der Waals surface area (Å²) in [5, 5.41) is 3.62. The van der Waals surface area contributed by atoms with Crippen molar-refractivity contribution in [2.75, 3.05) is 26.7 Å². The molecule has 1 aromatic carbocycles. The van der Waals surface area contributed by atoms with Crippen molar-refractivity contribution in [3.05, 3.63) is 35.5 Å². The third-order valence-electron chi connectivity index (χ3n) is 4.86. The fourth-order valence-corrected chi connectivity index (χ4v) is 3.20. The van der Waals surface area contributed by atoms with Gasteiger partial charge in [-0.3, -0.25) is 9.59 Å². The molecule has 2 N–H and O–H groups in total. The molecule has 2 aromatic rings. The summed E-state index contributed by atoms with van der Waals surface area (Å²) in [5.74, 6) is -0.952. The third-order valence-corrected chi connectivity index (χ3v) is 4.86. The van der Waals surface area contributed by atoms with E-state index in [4.69, 9.17) is 0 Å². The lowest BCUT2D eigenvalue weighted by atomic mass is 10.1. The molecule has 1 aromatic heterocycles. The van der Waals surface area contributed by atoms with Gasteiger partial charge in [0.15, 0.2) is 0 Å². The van der Waals surface area contributed by atoms with E-state index in [1.807, 2.05) is 42.8 Å². The van der Waals surface area contributed by atoms with Gasteiger partial charge in [-0.2, -0.15) is 0 Å². The number of nitrogens with zero attached hydrogens (tertiary/aromatic N) is 1. The van der Waals surface area contributed by atoms with Crippen molar-refractivity contribution in [2.24, 2.45) is 7.05 Å². The SMILES string of the molecule is CCCC[NH+](C)CCCNC(=O)C(=O)c1c(C)n(C)c2ccccc12. The number of rotatable bonds is 9. The predicted molar refractivity (Wildman–Crippen MR) is 101 cm³/mol. The number of aryl methyl sites for hydroxylation is 1. The molecule has 5 heteroatoms. The van der Waals surface area contributed by atoms with Crippen molar-refractivity contribution < 1.29 is 14.5 Å². The molecule has 0 aliphatic heterocycles. The van der Waals surface area contributed by atoms with E-state index in [0.29, 0.717) is 12.1 Å². The monoisotopic (exact) mass is 344 g/mol. The average Bonchev–Trinajstić information content (AvgIpc) is 2.87. The fraction of sp³-hybridized carbons (Fsp3) is 0.500. The molecule has 136 valence electrons. The number of ketones is 1. The van der Waals surface area contributed by atoms with Gasteiger partial charge in [0.05, 0.1) is 25.7 Å². The fourth-order valence-electron chi connectivity index (χ4n) is 3.20. The van der Waals surface area contributed by atoms with Gasteiger partial charge in [-0.25, -0.2) is 0 Å². The van der Waals surface area contributed by atoms with Gasteiger partial charge in [-0.15, -0.1) is 0 Å². The summed E-state index contributed by atoms with van der Waals surface area (Å²) in [6, 6.07) is 7.69. The molecule has 2 rings (SSSR count). The number of hydrogen-bond acceptors (Lipinski definition) is 2. The van der Waals surface area contributed by atoms with Gasteiger partial charge in [0.25, 0.3) is 11.7 Å². The van der Waals surface area contributed by atoms with Crippen molar-refractivity contribution in [1.29, 1.82) is 0 Å². The van der Waals surface area contributed by atoms with Crippen LogP contribution in [0.1, 0.15) is 42.2 Å². The Kier molecular flexibility index (Phi) is 6.76. The van der Waals surface area contributed by atoms with Crippen LogP contribution in [0.3, 0.4) is 0 Å². The van der Waals surface area contributed by atoms with Crippen LogP contribution in [-0.2, 0) is 11.8 Å². The Hall–Kier alpha value is -2.14. The minimum absolute atomic E-state index is 0.444. The lowest BCUT2D eigenvalue weighted by Crippen LogP contribution is -3.09. The number of quaternary nitrogens is 1. The molecule has 1 amide bonds. The number of amides is 1. The molecule has 0 bridgehead atoms. The van der Waals surface area contributed by atoms with Crippen molar-refractivity contribution in [2.45, 2.75) is 33.1 Å². The van der Waals surface area contributed by atoms with Crippen LogP contribution in [0.25, 0.3) is 10.9 Å². The Labute approximate surface area is 150 Å². The molecule has 0 aliphatic carbocycles. The van der Waals surface area contributed by atoms with Crippen LogP contribution in [0.5, 0.6) is 0 Å². The number of benzene rings is 1. The second kappa shape index (κ2) is 8.81. The number of para-hydroxylation sites is 1. The van der Waals surface area contributed by atoms with Crippen LogP contribution in [0.4, 0.5) is 0 Å². The Morgan fingerprint density at radius 2 is 1.84 bits per heavy atom. The standard InChI is InChI=1S/C20H29N3O2/c1-5-6-13-22(3)14-9-12-21-20(25)19(24)18-15(2)23(4)17-11-8-7-10-16(17)18/h7-8,10-11H,5-6,9,12-14H2,1-4H3,(H,21,25)/p+1. The Morgan fingerprint density at radius 1 is 1.16 bits per heavy atom. The van der Waals surface area contributed by atoms with E-state index in [1.54, 1.807) is 0 Å². The van der Waals surface area contributed by atoms with Crippen LogP contribution in [0, 0.1) is 6.92 Å². The van der Waals surface area contributed by atoms with Crippen LogP contribution in [-0.4, -0.2) is 42.9 Å². The summed E-state index contributed by atoms with van der Waals surface area (Å²) in [4.78, 5) is 26.4. The number of aromatic nitrogens is 1. The van der Waals surface area contributed by atoms with E-state index >= 15 is 0 Å². The summed E-state index contributed by atoms with van der Waals surface area (Å²) in [6.07, 6.45) is 3.30. The zero-order valence-corrected chi connectivity index (χ0v) is 15.8. The number of carbonyl (C=O) groups is 2. The average molecular weight is 344 g/mol. The maximum Gasteiger partial charge on any atom is 0.292 e. The van der Waals surface area contributed by atoms with Crippen molar-refractivity contribution >= 4 is 22.6 Å². The number of hydrogen-bond donors (Lipinski definition) is 2. The Morgan fingerprint density at radius 3 is 2.56 bits per heavy atom. The summed E-state index contributed by atoms with van der Waals surface area (Å²) >= 11 is 0. The van der Waals surface area contributed by atoms with E-state index in [0.717, 1.165) is 36.1 Å². The van der Waals surface area contributed by atoms with E-state index in [2.05, 4.69) is 19.3 Å². The maximum atomic E-state index is 12.6. The highest BCUT2D eigenvalue weighted by molar-refractivity contribution is 6.45. The molecule has 1 unspecified atom stereocenters. The second-order valence-electron chi connectivity index (χ2n) is 6.79. The van der Waals surface area contributed by atoms with Gasteiger partial charge in [-0.1, -0.05) is 31.5 Å². The molecule has 0 radical (unpaired) electrons. The zero-order valence-electron chi connectivity index (χ0n) is 15.8. The number of Topliss-reactive ketones (excluding diaryl/α,β-unsaturated/α-hetero) is 1. The highest BCUT2D eigenvalue weighted by Gasteiger charge is 2.23. The molecule has 0 saturated carbocycles. The Bertz CT molecular complexity index is 749. The first kappa shape index (κ1) is 19.2. The predicted octanol–water partition coefficient (Wildman–Crippen LogP) is 1.49. The van der Waals surface area contributed by atoms with Gasteiger partial charge >= 0.3 is 0 Å². The largest absolute Gasteiger partial charge is 0.349 e. The van der Waals surface area contributed by atoms with E-state index < -0.39 is 11.7 Å². The smallest absolute Gasteiger partial charge is 0.292 e. The molecular weight excluding hydrogens is 314 g/mol. The van der Waals surface area contributed by atoms with E-state index in [1.165, 1.54) is 17.7 Å². The van der Waals surface area contributed by atoms with Gasteiger partial charge in [0.1, 0.15) is 0 Å². The molecule has 25 heavy (non-hydrogen) atoms. The summed E-state index contributed by atoms with van der Waals surface area (Å²) in [6.45, 7) is 6.76. The van der Waals surface area contributed by atoms with Crippen molar-refractivity contribution in [1.82, 2.24) is 9.88 Å². The number of carbonyl (C=O) groups excluding carboxylic acids is 2. The number of unbranched alkanes of at least 4 members (excludes halogenated alkanes) is 1. The highest BCUT2D eigenvalue weighted by atomic mass is 16.2. The topological polar surface area (TPSA) is 55.5 Å². The molecule has 1 heterocycles. The van der Waals surface area contributed by atoms with Crippen LogP contribution in [0.15, 0.2) is 24.3 Å². The molecule has 0 spiro atoms. The highest BCUT2D eigenvalue weighted by Crippen LogP contribution is 2.25. The summed E-state index contributed by atoms with van der Waals surface area (Å²) < 4.78 is 1.96. The molecule has 0 saturated heterocycles. The number of fused-ring (bicyclic) bond motifs is 1. The molecule has 5 nitrogen and oxygen atoms in total. The molecule has 1 atom stereocenters. The van der Waals surface area contributed by atoms with Crippen molar-refractivity contribution in [3.63, 3.8) is 0 Å². The zero-order chi connectivity index (χ0) is 18.4. The van der Waals surface area contributed by atoms with Gasteiger partial charge < -0.3 is 14.8 Å². The van der Waals surface area contributed by atoms with E-state index in [-0.39, 0.29) is 0 Å². The van der Waals surface area contributed by atoms with Gasteiger partial charge in [0.2, 0.25) is 0 Å². The minimum atomic E-state index is -0.509. The molecule has 0 fully saturated rings. The van der Waals surface area contributed by atoms with E-state index in [9.17, 15) is 9.59 Å². The first-order valence-electron chi connectivity index (χ1n) is 9.15. The van der Waals surface area contributed by atoms with Crippen molar-refractivity contribution in [3.8, 4) is 0 Å². The lowest BCUT2D eigenvalue weighted by Gasteiger charge is -2.13. The van der Waals surface area contributed by atoms with Crippen LogP contribution in [0.2, 0.25) is 0 Å². The molecule has 0 aliphatic rings. The first-order valence-corrected chi connectivity index (χ1v) is 9.15. The minimum Gasteiger partial charge on any atom is -0.349 e. The third kappa shape index (κ3) is 4.48. The Balaban J connectivity index is 1.95. The lowest BCUT2D eigenvalue weighted by molar-refractivity contribution is -0.879. The summed E-state index contributed by atoms with van der Waals surface area (Å²) in [7, 11) is 4.09. The van der Waals surface area contributed by atoms with Crippen LogP contribution < -0.4 is 10.2 Å². The second-order valence-corrected chi connectivity index (χ2v) is 6.79. The maximum absolute atomic E-state index is 12.6. The molecular formula is C20H30N3O2+.